The van der Waals surface area contributed by atoms with Crippen LogP contribution in [0.3, 0.4) is 0 Å². The standard InChI is InChI=1S/C17H25NO/c1-12(14-5-6-14)10-18-11-13-4-7-16-15(8-13)9-17(2,3)19-16/h4,7-8,12,14,18H,5-6,9-11H2,1-3H3. The van der Waals surface area contributed by atoms with E-state index in [0.717, 1.165) is 37.1 Å². The molecule has 2 heteroatoms. The Kier molecular flexibility index (Phi) is 3.30. The number of hydrogen-bond acceptors (Lipinski definition) is 2. The third-order valence-corrected chi connectivity index (χ3v) is 4.35. The quantitative estimate of drug-likeness (QED) is 0.873. The van der Waals surface area contributed by atoms with Crippen molar-refractivity contribution in [3.63, 3.8) is 0 Å². The second kappa shape index (κ2) is 4.82. The van der Waals surface area contributed by atoms with Gasteiger partial charge in [0.25, 0.3) is 0 Å². The van der Waals surface area contributed by atoms with Gasteiger partial charge in [0.15, 0.2) is 0 Å². The largest absolute Gasteiger partial charge is 0.487 e. The molecule has 19 heavy (non-hydrogen) atoms. The Morgan fingerprint density at radius 1 is 1.37 bits per heavy atom. The number of benzene rings is 1. The molecule has 0 saturated heterocycles. The minimum absolute atomic E-state index is 0.0329. The third kappa shape index (κ3) is 3.11. The lowest BCUT2D eigenvalue weighted by Gasteiger charge is -2.16. The summed E-state index contributed by atoms with van der Waals surface area (Å²) in [5.74, 6) is 2.89. The minimum atomic E-state index is -0.0329. The van der Waals surface area contributed by atoms with E-state index >= 15 is 0 Å². The van der Waals surface area contributed by atoms with Crippen molar-refractivity contribution >= 4 is 0 Å². The number of nitrogens with one attached hydrogen (secondary N) is 1. The lowest BCUT2D eigenvalue weighted by molar-refractivity contribution is 0.138. The van der Waals surface area contributed by atoms with Gasteiger partial charge in [0.2, 0.25) is 0 Å². The molecule has 0 radical (unpaired) electrons. The minimum Gasteiger partial charge on any atom is -0.487 e. The number of rotatable bonds is 5. The highest BCUT2D eigenvalue weighted by atomic mass is 16.5. The average molecular weight is 259 g/mol. The van der Waals surface area contributed by atoms with E-state index in [1.165, 1.54) is 24.0 Å². The first kappa shape index (κ1) is 13.0. The van der Waals surface area contributed by atoms with E-state index in [4.69, 9.17) is 4.74 Å². The molecule has 1 aliphatic carbocycles. The van der Waals surface area contributed by atoms with Crippen LogP contribution in [0.25, 0.3) is 0 Å². The molecule has 2 nitrogen and oxygen atoms in total. The molecule has 3 rings (SSSR count). The molecule has 1 atom stereocenters. The van der Waals surface area contributed by atoms with E-state index in [9.17, 15) is 0 Å². The van der Waals surface area contributed by atoms with E-state index in [2.05, 4.69) is 44.3 Å². The molecule has 1 N–H and O–H groups in total. The molecule has 0 spiro atoms. The third-order valence-electron chi connectivity index (χ3n) is 4.35. The second-order valence-electron chi connectivity index (χ2n) is 6.93. The van der Waals surface area contributed by atoms with Crippen LogP contribution in [-0.2, 0) is 13.0 Å². The van der Waals surface area contributed by atoms with Gasteiger partial charge in [-0.3, -0.25) is 0 Å². The zero-order chi connectivity index (χ0) is 13.5. The second-order valence-corrected chi connectivity index (χ2v) is 6.93. The van der Waals surface area contributed by atoms with E-state index in [1.807, 2.05) is 0 Å². The van der Waals surface area contributed by atoms with Crippen molar-refractivity contribution in [2.75, 3.05) is 6.54 Å². The normalized spacial score (nSPS) is 21.8. The molecule has 1 aromatic rings. The van der Waals surface area contributed by atoms with Crippen LogP contribution in [0.2, 0.25) is 0 Å². The lowest BCUT2D eigenvalue weighted by Crippen LogP contribution is -2.24. The van der Waals surface area contributed by atoms with Gasteiger partial charge in [-0.2, -0.15) is 0 Å². The van der Waals surface area contributed by atoms with Crippen molar-refractivity contribution in [1.82, 2.24) is 5.32 Å². The highest BCUT2D eigenvalue weighted by Crippen LogP contribution is 2.36. The van der Waals surface area contributed by atoms with Crippen molar-refractivity contribution in [3.8, 4) is 5.75 Å². The Balaban J connectivity index is 1.55. The number of hydrogen-bond donors (Lipinski definition) is 1. The smallest absolute Gasteiger partial charge is 0.123 e. The molecule has 0 aromatic heterocycles. The van der Waals surface area contributed by atoms with Crippen LogP contribution < -0.4 is 10.1 Å². The molecule has 1 aromatic carbocycles. The Labute approximate surface area is 116 Å². The van der Waals surface area contributed by atoms with Crippen molar-refractivity contribution in [3.05, 3.63) is 29.3 Å². The topological polar surface area (TPSA) is 21.3 Å². The van der Waals surface area contributed by atoms with Gasteiger partial charge in [-0.05, 0) is 62.3 Å². The summed E-state index contributed by atoms with van der Waals surface area (Å²) in [5.41, 5.74) is 2.71. The molecule has 1 aliphatic heterocycles. The first-order valence-corrected chi connectivity index (χ1v) is 7.55. The fraction of sp³-hybridized carbons (Fsp3) is 0.647. The van der Waals surface area contributed by atoms with Crippen molar-refractivity contribution in [1.29, 1.82) is 0 Å². The summed E-state index contributed by atoms with van der Waals surface area (Å²) in [7, 11) is 0. The van der Waals surface area contributed by atoms with Crippen molar-refractivity contribution < 1.29 is 4.74 Å². The van der Waals surface area contributed by atoms with E-state index in [-0.39, 0.29) is 5.60 Å². The predicted molar refractivity (Wildman–Crippen MR) is 78.4 cm³/mol. The summed E-state index contributed by atoms with van der Waals surface area (Å²) in [6.07, 6.45) is 3.90. The molecule has 1 heterocycles. The van der Waals surface area contributed by atoms with Gasteiger partial charge in [-0.25, -0.2) is 0 Å². The van der Waals surface area contributed by atoms with Gasteiger partial charge in [0, 0.05) is 13.0 Å². The summed E-state index contributed by atoms with van der Waals surface area (Å²) in [6.45, 7) is 8.79. The maximum absolute atomic E-state index is 5.91. The van der Waals surface area contributed by atoms with E-state index in [1.54, 1.807) is 0 Å². The van der Waals surface area contributed by atoms with Crippen LogP contribution in [0.15, 0.2) is 18.2 Å². The van der Waals surface area contributed by atoms with Crippen molar-refractivity contribution in [2.45, 2.75) is 52.2 Å². The van der Waals surface area contributed by atoms with Gasteiger partial charge in [0.1, 0.15) is 11.4 Å². The van der Waals surface area contributed by atoms with Gasteiger partial charge >= 0.3 is 0 Å². The van der Waals surface area contributed by atoms with Gasteiger partial charge in [-0.15, -0.1) is 0 Å². The zero-order valence-electron chi connectivity index (χ0n) is 12.3. The maximum atomic E-state index is 5.91. The maximum Gasteiger partial charge on any atom is 0.123 e. The number of fused-ring (bicyclic) bond motifs is 1. The lowest BCUT2D eigenvalue weighted by atomic mass is 10.00. The first-order chi connectivity index (χ1) is 9.03. The van der Waals surface area contributed by atoms with E-state index < -0.39 is 0 Å². The highest BCUT2D eigenvalue weighted by Gasteiger charge is 2.30. The SMILES string of the molecule is CC(CNCc1ccc2c(c1)CC(C)(C)O2)C1CC1. The fourth-order valence-electron chi connectivity index (χ4n) is 3.05. The summed E-state index contributed by atoms with van der Waals surface area (Å²) >= 11 is 0. The Hall–Kier alpha value is -1.02. The molecular formula is C17H25NO. The Morgan fingerprint density at radius 3 is 2.89 bits per heavy atom. The molecule has 104 valence electrons. The predicted octanol–water partition coefficient (Wildman–Crippen LogP) is 3.54. The molecule has 0 bridgehead atoms. The molecular weight excluding hydrogens is 234 g/mol. The van der Waals surface area contributed by atoms with Gasteiger partial charge in [0.05, 0.1) is 0 Å². The average Bonchev–Trinajstić information content (AvgIpc) is 3.11. The van der Waals surface area contributed by atoms with Crippen molar-refractivity contribution in [2.24, 2.45) is 11.8 Å². The molecule has 1 saturated carbocycles. The van der Waals surface area contributed by atoms with Crippen LogP contribution in [0.4, 0.5) is 0 Å². The zero-order valence-corrected chi connectivity index (χ0v) is 12.3. The Morgan fingerprint density at radius 2 is 2.16 bits per heavy atom. The molecule has 2 aliphatic rings. The summed E-state index contributed by atoms with van der Waals surface area (Å²) < 4.78 is 5.91. The fourth-order valence-corrected chi connectivity index (χ4v) is 3.05. The molecule has 1 unspecified atom stereocenters. The Bertz CT molecular complexity index is 462. The van der Waals surface area contributed by atoms with Gasteiger partial charge < -0.3 is 10.1 Å². The molecule has 0 amide bonds. The highest BCUT2D eigenvalue weighted by molar-refractivity contribution is 5.41. The van der Waals surface area contributed by atoms with Crippen LogP contribution in [0.1, 0.15) is 44.7 Å². The number of ether oxygens (including phenoxy) is 1. The van der Waals surface area contributed by atoms with Crippen LogP contribution in [-0.4, -0.2) is 12.1 Å². The summed E-state index contributed by atoms with van der Waals surface area (Å²) in [5, 5.41) is 3.59. The monoisotopic (exact) mass is 259 g/mol. The summed E-state index contributed by atoms with van der Waals surface area (Å²) in [6, 6.07) is 6.62. The van der Waals surface area contributed by atoms with E-state index in [0.29, 0.717) is 0 Å². The van der Waals surface area contributed by atoms with Crippen LogP contribution in [0, 0.1) is 11.8 Å². The van der Waals surface area contributed by atoms with Crippen LogP contribution >= 0.6 is 0 Å². The first-order valence-electron chi connectivity index (χ1n) is 7.55. The van der Waals surface area contributed by atoms with Gasteiger partial charge in [-0.1, -0.05) is 19.1 Å². The molecule has 1 fully saturated rings. The summed E-state index contributed by atoms with van der Waals surface area (Å²) in [4.78, 5) is 0. The van der Waals surface area contributed by atoms with Crippen LogP contribution in [0.5, 0.6) is 5.75 Å².